The first-order valence-corrected chi connectivity index (χ1v) is 15.5. The van der Waals surface area contributed by atoms with Gasteiger partial charge in [-0.15, -0.1) is 0 Å². The third-order valence-corrected chi connectivity index (χ3v) is 10.1. The molecule has 0 bridgehead atoms. The minimum atomic E-state index is -3.20. The lowest BCUT2D eigenvalue weighted by Crippen LogP contribution is -2.51. The maximum absolute atomic E-state index is 11.8. The van der Waals surface area contributed by atoms with Crippen molar-refractivity contribution in [3.63, 3.8) is 0 Å². The van der Waals surface area contributed by atoms with Crippen molar-refractivity contribution in [2.45, 2.75) is 74.8 Å². The van der Waals surface area contributed by atoms with Crippen LogP contribution in [0.3, 0.4) is 0 Å². The van der Waals surface area contributed by atoms with E-state index in [4.69, 9.17) is 4.98 Å². The van der Waals surface area contributed by atoms with Crippen molar-refractivity contribution in [2.75, 3.05) is 32.4 Å². The van der Waals surface area contributed by atoms with Gasteiger partial charge in [0.15, 0.2) is 9.84 Å². The van der Waals surface area contributed by atoms with Crippen molar-refractivity contribution in [3.05, 3.63) is 53.9 Å². The van der Waals surface area contributed by atoms with Gasteiger partial charge < -0.3 is 14.2 Å². The SMILES string of the molecule is Cc1cc(C2CCN(C3CCN(C4CCC4)CC3)CC2)cn2cc(-c3ccc(S(C)(=O)=O)cc3)nc12. The minimum absolute atomic E-state index is 0.337. The number of aryl methyl sites for hydroxylation is 1. The summed E-state index contributed by atoms with van der Waals surface area (Å²) in [5, 5.41) is 0. The summed E-state index contributed by atoms with van der Waals surface area (Å²) in [6, 6.07) is 11.0. The molecule has 4 heterocycles. The quantitative estimate of drug-likeness (QED) is 0.492. The number of hydrogen-bond donors (Lipinski definition) is 0. The van der Waals surface area contributed by atoms with E-state index in [0.29, 0.717) is 10.8 Å². The molecule has 2 saturated heterocycles. The second-order valence-corrected chi connectivity index (χ2v) is 13.3. The minimum Gasteiger partial charge on any atom is -0.306 e. The van der Waals surface area contributed by atoms with Crippen LogP contribution in [-0.4, -0.2) is 72.1 Å². The average Bonchev–Trinajstić information content (AvgIpc) is 3.28. The highest BCUT2D eigenvalue weighted by Crippen LogP contribution is 2.34. The standard InChI is InChI=1S/C29H38N4O2S/c1-21-18-24(19-33-20-28(30-29(21)33)23-6-8-27(9-7-23)36(2,34)35)22-10-14-31(15-11-22)26-12-16-32(17-13-26)25-4-3-5-25/h6-9,18-20,22,25-26H,3-5,10-17H2,1-2H3. The first-order valence-electron chi connectivity index (χ1n) is 13.6. The molecular weight excluding hydrogens is 468 g/mol. The largest absolute Gasteiger partial charge is 0.306 e. The monoisotopic (exact) mass is 506 g/mol. The van der Waals surface area contributed by atoms with Gasteiger partial charge in [0.05, 0.1) is 10.6 Å². The molecule has 0 unspecified atom stereocenters. The highest BCUT2D eigenvalue weighted by Gasteiger charge is 2.32. The second kappa shape index (κ2) is 9.58. The first kappa shape index (κ1) is 24.1. The summed E-state index contributed by atoms with van der Waals surface area (Å²) >= 11 is 0. The number of imidazole rings is 1. The Morgan fingerprint density at radius 3 is 2.03 bits per heavy atom. The zero-order valence-corrected chi connectivity index (χ0v) is 22.4. The zero-order chi connectivity index (χ0) is 24.9. The molecule has 3 aromatic rings. The Labute approximate surface area is 215 Å². The van der Waals surface area contributed by atoms with Crippen LogP contribution in [0.5, 0.6) is 0 Å². The molecule has 2 aliphatic heterocycles. The molecule has 1 aliphatic carbocycles. The number of hydrogen-bond acceptors (Lipinski definition) is 5. The Morgan fingerprint density at radius 1 is 0.833 bits per heavy atom. The number of rotatable bonds is 5. The molecule has 36 heavy (non-hydrogen) atoms. The van der Waals surface area contributed by atoms with Crippen molar-refractivity contribution >= 4 is 15.5 Å². The number of pyridine rings is 1. The summed E-state index contributed by atoms with van der Waals surface area (Å²) in [4.78, 5) is 10.7. The Balaban J connectivity index is 1.12. The van der Waals surface area contributed by atoms with Gasteiger partial charge in [0.25, 0.3) is 0 Å². The van der Waals surface area contributed by atoms with Gasteiger partial charge in [-0.25, -0.2) is 13.4 Å². The summed E-state index contributed by atoms with van der Waals surface area (Å²) in [6.07, 6.45) is 15.0. The van der Waals surface area contributed by atoms with Gasteiger partial charge in [-0.1, -0.05) is 24.6 Å². The fourth-order valence-corrected chi connectivity index (χ4v) is 7.13. The first-order chi connectivity index (χ1) is 17.3. The summed E-state index contributed by atoms with van der Waals surface area (Å²) in [7, 11) is -3.20. The van der Waals surface area contributed by atoms with Gasteiger partial charge in [-0.05, 0) is 101 Å². The number of fused-ring (bicyclic) bond motifs is 1. The summed E-state index contributed by atoms with van der Waals surface area (Å²) in [5.74, 6) is 0.597. The van der Waals surface area contributed by atoms with E-state index in [1.165, 1.54) is 88.5 Å². The highest BCUT2D eigenvalue weighted by atomic mass is 32.2. The molecule has 0 radical (unpaired) electrons. The lowest BCUT2D eigenvalue weighted by molar-refractivity contribution is 0.0468. The molecule has 0 N–H and O–H groups in total. The predicted octanol–water partition coefficient (Wildman–Crippen LogP) is 4.91. The van der Waals surface area contributed by atoms with Crippen molar-refractivity contribution in [1.82, 2.24) is 19.2 Å². The van der Waals surface area contributed by atoms with Gasteiger partial charge in [0, 0.05) is 36.3 Å². The Bertz CT molecular complexity index is 1330. The zero-order valence-electron chi connectivity index (χ0n) is 21.6. The molecule has 6 rings (SSSR count). The Hall–Kier alpha value is -2.22. The topological polar surface area (TPSA) is 57.9 Å². The number of piperidine rings is 2. The molecule has 7 heteroatoms. The molecular formula is C29H38N4O2S. The smallest absolute Gasteiger partial charge is 0.175 e. The predicted molar refractivity (Wildman–Crippen MR) is 144 cm³/mol. The molecule has 1 saturated carbocycles. The molecule has 3 fully saturated rings. The van der Waals surface area contributed by atoms with Crippen LogP contribution in [0.1, 0.15) is 62.0 Å². The van der Waals surface area contributed by atoms with E-state index in [1.807, 2.05) is 12.1 Å². The molecule has 6 nitrogen and oxygen atoms in total. The van der Waals surface area contributed by atoms with E-state index >= 15 is 0 Å². The van der Waals surface area contributed by atoms with Gasteiger partial charge >= 0.3 is 0 Å². The van der Waals surface area contributed by atoms with Crippen LogP contribution >= 0.6 is 0 Å². The molecule has 3 aliphatic rings. The molecule has 0 amide bonds. The van der Waals surface area contributed by atoms with Crippen LogP contribution in [0.15, 0.2) is 47.6 Å². The second-order valence-electron chi connectivity index (χ2n) is 11.3. The van der Waals surface area contributed by atoms with Crippen LogP contribution in [0.2, 0.25) is 0 Å². The summed E-state index contributed by atoms with van der Waals surface area (Å²) in [5.41, 5.74) is 5.38. The molecule has 0 atom stereocenters. The normalized spacial score (nSPS) is 21.7. The van der Waals surface area contributed by atoms with Gasteiger partial charge in [0.2, 0.25) is 0 Å². The van der Waals surface area contributed by atoms with E-state index in [-0.39, 0.29) is 0 Å². The maximum atomic E-state index is 11.8. The Kier molecular flexibility index (Phi) is 6.42. The van der Waals surface area contributed by atoms with Crippen molar-refractivity contribution in [1.29, 1.82) is 0 Å². The van der Waals surface area contributed by atoms with E-state index in [2.05, 4.69) is 39.6 Å². The Morgan fingerprint density at radius 2 is 1.44 bits per heavy atom. The third kappa shape index (κ3) is 4.73. The fourth-order valence-electron chi connectivity index (χ4n) is 6.50. The lowest BCUT2D eigenvalue weighted by atomic mass is 9.87. The third-order valence-electron chi connectivity index (χ3n) is 8.94. The number of sulfone groups is 1. The van der Waals surface area contributed by atoms with Crippen molar-refractivity contribution < 1.29 is 8.42 Å². The van der Waals surface area contributed by atoms with Gasteiger partial charge in [-0.2, -0.15) is 0 Å². The van der Waals surface area contributed by atoms with Crippen LogP contribution in [0, 0.1) is 6.92 Å². The number of nitrogens with zero attached hydrogens (tertiary/aromatic N) is 4. The van der Waals surface area contributed by atoms with Crippen LogP contribution in [0.4, 0.5) is 0 Å². The average molecular weight is 507 g/mol. The van der Waals surface area contributed by atoms with E-state index in [9.17, 15) is 8.42 Å². The maximum Gasteiger partial charge on any atom is 0.175 e. The van der Waals surface area contributed by atoms with Crippen LogP contribution in [-0.2, 0) is 9.84 Å². The highest BCUT2D eigenvalue weighted by molar-refractivity contribution is 7.90. The number of aromatic nitrogens is 2. The van der Waals surface area contributed by atoms with Crippen molar-refractivity contribution in [2.24, 2.45) is 0 Å². The summed E-state index contributed by atoms with van der Waals surface area (Å²) < 4.78 is 25.7. The van der Waals surface area contributed by atoms with E-state index in [1.54, 1.807) is 12.1 Å². The lowest BCUT2D eigenvalue weighted by Gasteiger charge is -2.45. The number of likely N-dealkylation sites (tertiary alicyclic amines) is 2. The van der Waals surface area contributed by atoms with E-state index in [0.717, 1.165) is 29.0 Å². The van der Waals surface area contributed by atoms with Crippen molar-refractivity contribution in [3.8, 4) is 11.3 Å². The van der Waals surface area contributed by atoms with E-state index < -0.39 is 9.84 Å². The molecule has 0 spiro atoms. The molecule has 1 aromatic carbocycles. The van der Waals surface area contributed by atoms with Crippen LogP contribution in [0.25, 0.3) is 16.9 Å². The van der Waals surface area contributed by atoms with Crippen LogP contribution < -0.4 is 0 Å². The van der Waals surface area contributed by atoms with Gasteiger partial charge in [0.1, 0.15) is 5.65 Å². The summed E-state index contributed by atoms with van der Waals surface area (Å²) in [6.45, 7) is 7.15. The molecule has 192 valence electrons. The fraction of sp³-hybridized carbons (Fsp3) is 0.552. The number of benzene rings is 1. The van der Waals surface area contributed by atoms with Gasteiger partial charge in [-0.3, -0.25) is 0 Å². The molecule has 2 aromatic heterocycles.